The van der Waals surface area contributed by atoms with Crippen molar-refractivity contribution in [3.63, 3.8) is 0 Å². The number of hydrazone groups is 1. The monoisotopic (exact) mass is 608 g/mol. The van der Waals surface area contributed by atoms with E-state index in [1.807, 2.05) is 13.0 Å². The highest BCUT2D eigenvalue weighted by Crippen LogP contribution is 2.38. The van der Waals surface area contributed by atoms with Crippen molar-refractivity contribution in [1.29, 1.82) is 0 Å². The molecule has 8 nitrogen and oxygen atoms in total. The van der Waals surface area contributed by atoms with Gasteiger partial charge in [-0.05, 0) is 50.0 Å². The molecule has 0 spiro atoms. The number of esters is 1. The van der Waals surface area contributed by atoms with E-state index in [9.17, 15) is 13.2 Å². The summed E-state index contributed by atoms with van der Waals surface area (Å²) in [5.41, 5.74) is -0.307. The van der Waals surface area contributed by atoms with Crippen LogP contribution >= 0.6 is 0 Å². The predicted octanol–water partition coefficient (Wildman–Crippen LogP) is 7.05. The number of carbonyl (C=O) groups is 1. The first kappa shape index (κ1) is 35.2. The van der Waals surface area contributed by atoms with E-state index in [0.717, 1.165) is 18.4 Å². The number of nitrogens with one attached hydrogen (secondary N) is 1. The zero-order valence-electron chi connectivity index (χ0n) is 26.4. The number of benzene rings is 1. The minimum Gasteiger partial charge on any atom is -0.467 e. The van der Waals surface area contributed by atoms with E-state index in [1.54, 1.807) is 12.1 Å². The average molecular weight is 609 g/mol. The summed E-state index contributed by atoms with van der Waals surface area (Å²) in [5.74, 6) is -0.607. The van der Waals surface area contributed by atoms with E-state index >= 15 is 0 Å². The van der Waals surface area contributed by atoms with E-state index in [2.05, 4.69) is 56.8 Å². The Morgan fingerprint density at radius 2 is 1.76 bits per heavy atom. The Labute approximate surface area is 249 Å². The van der Waals surface area contributed by atoms with Crippen LogP contribution < -0.4 is 4.83 Å². The first-order valence-corrected chi connectivity index (χ1v) is 19.3. The summed E-state index contributed by atoms with van der Waals surface area (Å²) in [6, 6.07) is 6.50. The molecule has 0 saturated carbocycles. The molecule has 1 aliphatic rings. The summed E-state index contributed by atoms with van der Waals surface area (Å²) < 4.78 is 44.0. The Balaban J connectivity index is 2.29. The first-order chi connectivity index (χ1) is 19.2. The van der Waals surface area contributed by atoms with Crippen molar-refractivity contribution in [1.82, 2.24) is 4.83 Å². The zero-order chi connectivity index (χ0) is 30.7. The van der Waals surface area contributed by atoms with Crippen LogP contribution in [0.4, 0.5) is 0 Å². The number of unbranched alkanes of at least 4 members (excludes halogenated alkanes) is 6. The lowest BCUT2D eigenvalue weighted by Gasteiger charge is -2.37. The highest BCUT2D eigenvalue weighted by atomic mass is 32.2. The number of hydrogen-bond acceptors (Lipinski definition) is 7. The largest absolute Gasteiger partial charge is 0.467 e. The number of ether oxygens (including phenoxy) is 2. The third-order valence-corrected chi connectivity index (χ3v) is 13.9. The normalized spacial score (nSPS) is 21.1. The smallest absolute Gasteiger partial charge is 0.344 e. The Kier molecular flexibility index (Phi) is 13.3. The van der Waals surface area contributed by atoms with Gasteiger partial charge >= 0.3 is 5.97 Å². The van der Waals surface area contributed by atoms with E-state index in [0.29, 0.717) is 0 Å². The number of methoxy groups -OCH3 is 1. The van der Waals surface area contributed by atoms with Gasteiger partial charge in [0.25, 0.3) is 10.0 Å². The molecule has 0 bridgehead atoms. The second kappa shape index (κ2) is 15.5. The number of rotatable bonds is 16. The van der Waals surface area contributed by atoms with Gasteiger partial charge in [-0.1, -0.05) is 89.6 Å². The summed E-state index contributed by atoms with van der Waals surface area (Å²) in [5, 5.41) is 4.30. The maximum Gasteiger partial charge on any atom is 0.344 e. The second-order valence-corrected chi connectivity index (χ2v) is 19.0. The summed E-state index contributed by atoms with van der Waals surface area (Å²) in [4.78, 5) is 15.7. The van der Waals surface area contributed by atoms with Crippen LogP contribution in [0.5, 0.6) is 0 Å². The molecule has 1 saturated heterocycles. The Morgan fingerprint density at radius 1 is 1.12 bits per heavy atom. The molecule has 232 valence electrons. The number of hydrogen-bond donors (Lipinski definition) is 1. The summed E-state index contributed by atoms with van der Waals surface area (Å²) in [6.45, 7) is 15.2. The number of aryl methyl sites for hydroxylation is 1. The Morgan fingerprint density at radius 3 is 2.37 bits per heavy atom. The lowest BCUT2D eigenvalue weighted by Crippen LogP contribution is -2.47. The van der Waals surface area contributed by atoms with Crippen LogP contribution in [0.3, 0.4) is 0 Å². The van der Waals surface area contributed by atoms with E-state index in [-0.39, 0.29) is 35.1 Å². The molecule has 1 aromatic carbocycles. The maximum absolute atomic E-state index is 13.3. The standard InChI is InChI=1S/C31H52N2O6SSi/c1-9-10-11-12-13-14-15-16-17-22-31(29(34)37-6)28(23-26(39-31)24-38-41(7,8)30(3,4)5)32-33-40(35,36)27-20-18-25(2)19-21-27/h16-21,26,33H,9-15,22-24H2,1-8H3/b17-16?,32-28+/t26-,31+/m0/s1. The van der Waals surface area contributed by atoms with Crippen LogP contribution in [-0.4, -0.2) is 53.8 Å². The van der Waals surface area contributed by atoms with E-state index < -0.39 is 36.0 Å². The Bertz CT molecular complexity index is 1140. The molecule has 1 N–H and O–H groups in total. The molecule has 41 heavy (non-hydrogen) atoms. The molecule has 2 rings (SSSR count). The minimum absolute atomic E-state index is 0.00487. The van der Waals surface area contributed by atoms with Gasteiger partial charge in [0.15, 0.2) is 8.32 Å². The summed E-state index contributed by atoms with van der Waals surface area (Å²) in [7, 11) is -4.73. The van der Waals surface area contributed by atoms with Gasteiger partial charge in [0.05, 0.1) is 30.4 Å². The van der Waals surface area contributed by atoms with Crippen molar-refractivity contribution in [2.75, 3.05) is 13.7 Å². The van der Waals surface area contributed by atoms with Gasteiger partial charge in [-0.15, -0.1) is 0 Å². The van der Waals surface area contributed by atoms with Gasteiger partial charge in [0.1, 0.15) is 0 Å². The summed E-state index contributed by atoms with van der Waals surface area (Å²) in [6.07, 6.45) is 12.1. The fourth-order valence-corrected chi connectivity index (χ4v) is 6.26. The van der Waals surface area contributed by atoms with Crippen LogP contribution in [0, 0.1) is 6.92 Å². The lowest BCUT2D eigenvalue weighted by atomic mass is 9.93. The molecular weight excluding hydrogens is 557 g/mol. The second-order valence-electron chi connectivity index (χ2n) is 12.5. The van der Waals surface area contributed by atoms with Gasteiger partial charge in [-0.2, -0.15) is 13.5 Å². The third kappa shape index (κ3) is 10.0. The van der Waals surface area contributed by atoms with Gasteiger partial charge in [0, 0.05) is 12.8 Å². The highest BCUT2D eigenvalue weighted by molar-refractivity contribution is 7.89. The van der Waals surface area contributed by atoms with Crippen LogP contribution in [0.25, 0.3) is 0 Å². The molecule has 0 aliphatic carbocycles. The topological polar surface area (TPSA) is 103 Å². The van der Waals surface area contributed by atoms with Crippen molar-refractivity contribution in [2.24, 2.45) is 5.10 Å². The van der Waals surface area contributed by atoms with Gasteiger partial charge in [-0.3, -0.25) is 0 Å². The van der Waals surface area contributed by atoms with Crippen molar-refractivity contribution in [2.45, 2.75) is 127 Å². The average Bonchev–Trinajstić information content (AvgIpc) is 3.27. The summed E-state index contributed by atoms with van der Waals surface area (Å²) >= 11 is 0. The van der Waals surface area contributed by atoms with Crippen LogP contribution in [0.1, 0.15) is 91.0 Å². The number of allylic oxidation sites excluding steroid dienone is 1. The van der Waals surface area contributed by atoms with Crippen molar-refractivity contribution in [3.05, 3.63) is 42.0 Å². The number of carbonyl (C=O) groups excluding carboxylic acids is 1. The van der Waals surface area contributed by atoms with Crippen LogP contribution in [0.15, 0.2) is 46.4 Å². The number of nitrogens with zero attached hydrogens (tertiary/aromatic N) is 1. The molecule has 10 heteroatoms. The predicted molar refractivity (Wildman–Crippen MR) is 168 cm³/mol. The van der Waals surface area contributed by atoms with Crippen LogP contribution in [-0.2, 0) is 28.7 Å². The number of sulfonamides is 1. The first-order valence-electron chi connectivity index (χ1n) is 14.9. The molecule has 0 aromatic heterocycles. The quantitative estimate of drug-likeness (QED) is 0.0709. The van der Waals surface area contributed by atoms with Gasteiger partial charge < -0.3 is 13.9 Å². The van der Waals surface area contributed by atoms with E-state index in [4.69, 9.17) is 13.9 Å². The SMILES string of the molecule is CCCCCCCCC=CC[C@@]1(C(=O)OC)O[C@H](CO[Si](C)(C)C(C)(C)C)C/C1=N\NS(=O)(=O)c1ccc(C)cc1. The molecule has 1 heterocycles. The third-order valence-electron chi connectivity index (χ3n) is 8.13. The fraction of sp³-hybridized carbons (Fsp3) is 0.677. The molecular formula is C31H52N2O6SSi. The zero-order valence-corrected chi connectivity index (χ0v) is 28.2. The fourth-order valence-electron chi connectivity index (χ4n) is 4.40. The molecule has 0 unspecified atom stereocenters. The maximum atomic E-state index is 13.3. The molecule has 0 amide bonds. The molecule has 2 atom stereocenters. The van der Waals surface area contributed by atoms with Crippen molar-refractivity contribution < 1.29 is 27.1 Å². The van der Waals surface area contributed by atoms with Gasteiger partial charge in [-0.25, -0.2) is 9.63 Å². The van der Waals surface area contributed by atoms with Crippen molar-refractivity contribution >= 4 is 30.0 Å². The van der Waals surface area contributed by atoms with Gasteiger partial charge in [0.2, 0.25) is 5.60 Å². The molecule has 1 fully saturated rings. The molecule has 0 radical (unpaired) electrons. The van der Waals surface area contributed by atoms with E-state index in [1.165, 1.54) is 51.3 Å². The minimum atomic E-state index is -3.95. The Hall–Kier alpha value is -2.01. The molecule has 1 aliphatic heterocycles. The lowest BCUT2D eigenvalue weighted by molar-refractivity contribution is -0.162. The molecule has 1 aromatic rings. The van der Waals surface area contributed by atoms with Crippen LogP contribution in [0.2, 0.25) is 18.1 Å². The highest BCUT2D eigenvalue weighted by Gasteiger charge is 2.53. The van der Waals surface area contributed by atoms with Crippen molar-refractivity contribution in [3.8, 4) is 0 Å².